The number of likely N-dealkylation sites (N-methyl/N-ethyl adjacent to an activating group) is 1. The minimum absolute atomic E-state index is 0.00000756. The Morgan fingerprint density at radius 1 is 1.35 bits per heavy atom. The lowest BCUT2D eigenvalue weighted by atomic mass is 9.87. The van der Waals surface area contributed by atoms with Gasteiger partial charge in [0.1, 0.15) is 5.82 Å². The van der Waals surface area contributed by atoms with Gasteiger partial charge in [0.05, 0.1) is 0 Å². The summed E-state index contributed by atoms with van der Waals surface area (Å²) in [6.07, 6.45) is 3.16. The Morgan fingerprint density at radius 2 is 2.00 bits per heavy atom. The number of nitrogens with zero attached hydrogens (tertiary/aromatic N) is 1. The first-order chi connectivity index (χ1) is 9.45. The predicted octanol–water partition coefficient (Wildman–Crippen LogP) is 3.48. The van der Waals surface area contributed by atoms with Gasteiger partial charge < -0.3 is 5.32 Å². The highest BCUT2D eigenvalue weighted by molar-refractivity contribution is 6.30. The van der Waals surface area contributed by atoms with E-state index in [2.05, 4.69) is 24.1 Å². The standard InChI is InChI=1S/C16H24ClFN2/c1-16(2,20-8-4-5-9-20)15(19-3)11-12-10-13(17)6-7-14(12)18/h6-7,10,15,19H,4-5,8-9,11H2,1-3H3. The molecule has 1 N–H and O–H groups in total. The fourth-order valence-electron chi connectivity index (χ4n) is 3.14. The molecule has 1 atom stereocenters. The van der Waals surface area contributed by atoms with Gasteiger partial charge in [-0.1, -0.05) is 11.6 Å². The first-order valence-electron chi connectivity index (χ1n) is 7.31. The molecular weight excluding hydrogens is 275 g/mol. The maximum absolute atomic E-state index is 13.9. The number of halogens is 2. The fourth-order valence-corrected chi connectivity index (χ4v) is 3.33. The summed E-state index contributed by atoms with van der Waals surface area (Å²) in [5, 5.41) is 3.96. The smallest absolute Gasteiger partial charge is 0.126 e. The molecule has 0 amide bonds. The first-order valence-corrected chi connectivity index (χ1v) is 7.69. The van der Waals surface area contributed by atoms with E-state index in [1.165, 1.54) is 18.9 Å². The summed E-state index contributed by atoms with van der Waals surface area (Å²) in [4.78, 5) is 2.50. The van der Waals surface area contributed by atoms with Gasteiger partial charge in [-0.3, -0.25) is 4.90 Å². The van der Waals surface area contributed by atoms with Gasteiger partial charge in [-0.05, 0) is 77.0 Å². The van der Waals surface area contributed by atoms with E-state index in [9.17, 15) is 4.39 Å². The van der Waals surface area contributed by atoms with Crippen molar-refractivity contribution in [3.8, 4) is 0 Å². The van der Waals surface area contributed by atoms with Crippen LogP contribution in [-0.4, -0.2) is 36.6 Å². The maximum Gasteiger partial charge on any atom is 0.126 e. The highest BCUT2D eigenvalue weighted by Gasteiger charge is 2.36. The maximum atomic E-state index is 13.9. The molecule has 1 aliphatic heterocycles. The monoisotopic (exact) mass is 298 g/mol. The summed E-state index contributed by atoms with van der Waals surface area (Å²) in [6, 6.07) is 4.98. The molecule has 1 aromatic rings. The molecule has 1 unspecified atom stereocenters. The second-order valence-electron chi connectivity index (χ2n) is 6.13. The van der Waals surface area contributed by atoms with Crippen LogP contribution in [0.4, 0.5) is 4.39 Å². The van der Waals surface area contributed by atoms with E-state index in [4.69, 9.17) is 11.6 Å². The number of nitrogens with one attached hydrogen (secondary N) is 1. The molecule has 0 bridgehead atoms. The molecule has 2 nitrogen and oxygen atoms in total. The second kappa shape index (κ2) is 6.42. The van der Waals surface area contributed by atoms with E-state index < -0.39 is 0 Å². The van der Waals surface area contributed by atoms with Crippen molar-refractivity contribution in [2.24, 2.45) is 0 Å². The molecule has 1 fully saturated rings. The van der Waals surface area contributed by atoms with Crippen LogP contribution in [0.1, 0.15) is 32.3 Å². The van der Waals surface area contributed by atoms with Crippen molar-refractivity contribution in [3.05, 3.63) is 34.6 Å². The van der Waals surface area contributed by atoms with Crippen LogP contribution >= 0.6 is 11.6 Å². The Morgan fingerprint density at radius 3 is 2.60 bits per heavy atom. The van der Waals surface area contributed by atoms with Crippen molar-refractivity contribution in [1.29, 1.82) is 0 Å². The van der Waals surface area contributed by atoms with Gasteiger partial charge in [-0.25, -0.2) is 4.39 Å². The van der Waals surface area contributed by atoms with Gasteiger partial charge in [0, 0.05) is 16.6 Å². The molecule has 1 saturated heterocycles. The SMILES string of the molecule is CNC(Cc1cc(Cl)ccc1F)C(C)(C)N1CCCC1. The molecule has 0 aliphatic carbocycles. The lowest BCUT2D eigenvalue weighted by Gasteiger charge is -2.42. The Bertz CT molecular complexity index is 456. The zero-order valence-electron chi connectivity index (χ0n) is 12.5. The summed E-state index contributed by atoms with van der Waals surface area (Å²) in [6.45, 7) is 6.73. The van der Waals surface area contributed by atoms with Gasteiger partial charge in [-0.15, -0.1) is 0 Å². The third-order valence-electron chi connectivity index (χ3n) is 4.55. The molecule has 0 aromatic heterocycles. The number of rotatable bonds is 5. The molecule has 1 aromatic carbocycles. The number of hydrogen-bond donors (Lipinski definition) is 1. The summed E-state index contributed by atoms with van der Waals surface area (Å²) < 4.78 is 13.9. The van der Waals surface area contributed by atoms with E-state index in [1.807, 2.05) is 7.05 Å². The molecule has 0 saturated carbocycles. The minimum atomic E-state index is -0.174. The molecule has 0 spiro atoms. The van der Waals surface area contributed by atoms with Crippen LogP contribution in [0.2, 0.25) is 5.02 Å². The third-order valence-corrected chi connectivity index (χ3v) is 4.79. The van der Waals surface area contributed by atoms with E-state index in [0.29, 0.717) is 17.0 Å². The third kappa shape index (κ3) is 3.33. The molecule has 1 aliphatic rings. The van der Waals surface area contributed by atoms with Gasteiger partial charge in [0.15, 0.2) is 0 Å². The van der Waals surface area contributed by atoms with Crippen molar-refractivity contribution in [2.75, 3.05) is 20.1 Å². The summed E-state index contributed by atoms with van der Waals surface area (Å²) in [5.41, 5.74) is 0.684. The fraction of sp³-hybridized carbons (Fsp3) is 0.625. The van der Waals surface area contributed by atoms with Gasteiger partial charge in [0.2, 0.25) is 0 Å². The summed E-state index contributed by atoms with van der Waals surface area (Å²) >= 11 is 5.99. The van der Waals surface area contributed by atoms with Crippen molar-refractivity contribution < 1.29 is 4.39 Å². The Balaban J connectivity index is 2.17. The van der Waals surface area contributed by atoms with Crippen LogP contribution in [0.15, 0.2) is 18.2 Å². The van der Waals surface area contributed by atoms with Crippen LogP contribution in [0, 0.1) is 5.82 Å². The number of benzene rings is 1. The predicted molar refractivity (Wildman–Crippen MR) is 82.8 cm³/mol. The average molecular weight is 299 g/mol. The normalized spacial score (nSPS) is 18.4. The van der Waals surface area contributed by atoms with Crippen molar-refractivity contribution >= 4 is 11.6 Å². The molecule has 4 heteroatoms. The topological polar surface area (TPSA) is 15.3 Å². The highest BCUT2D eigenvalue weighted by atomic mass is 35.5. The zero-order valence-corrected chi connectivity index (χ0v) is 13.3. The summed E-state index contributed by atoms with van der Waals surface area (Å²) in [5.74, 6) is -0.174. The molecular formula is C16H24ClFN2. The molecule has 112 valence electrons. The Kier molecular flexibility index (Phi) is 5.05. The van der Waals surface area contributed by atoms with E-state index in [1.54, 1.807) is 12.1 Å². The van der Waals surface area contributed by atoms with Crippen LogP contribution in [0.25, 0.3) is 0 Å². The first kappa shape index (κ1) is 15.7. The van der Waals surface area contributed by atoms with E-state index in [0.717, 1.165) is 13.1 Å². The van der Waals surface area contributed by atoms with Crippen LogP contribution < -0.4 is 5.32 Å². The van der Waals surface area contributed by atoms with Crippen molar-refractivity contribution in [1.82, 2.24) is 10.2 Å². The molecule has 0 radical (unpaired) electrons. The van der Waals surface area contributed by atoms with Crippen LogP contribution in [-0.2, 0) is 6.42 Å². The van der Waals surface area contributed by atoms with Gasteiger partial charge >= 0.3 is 0 Å². The highest BCUT2D eigenvalue weighted by Crippen LogP contribution is 2.27. The lowest BCUT2D eigenvalue weighted by Crippen LogP contribution is -2.57. The molecule has 1 heterocycles. The van der Waals surface area contributed by atoms with Crippen LogP contribution in [0.3, 0.4) is 0 Å². The average Bonchev–Trinajstić information content (AvgIpc) is 2.94. The molecule has 20 heavy (non-hydrogen) atoms. The van der Waals surface area contributed by atoms with Crippen molar-refractivity contribution in [3.63, 3.8) is 0 Å². The largest absolute Gasteiger partial charge is 0.315 e. The minimum Gasteiger partial charge on any atom is -0.315 e. The number of likely N-dealkylation sites (tertiary alicyclic amines) is 1. The second-order valence-corrected chi connectivity index (χ2v) is 6.57. The molecule has 2 rings (SSSR count). The van der Waals surface area contributed by atoms with Crippen LogP contribution in [0.5, 0.6) is 0 Å². The zero-order chi connectivity index (χ0) is 14.8. The number of hydrogen-bond acceptors (Lipinski definition) is 2. The Labute approximate surface area is 126 Å². The quantitative estimate of drug-likeness (QED) is 0.895. The lowest BCUT2D eigenvalue weighted by molar-refractivity contribution is 0.110. The van der Waals surface area contributed by atoms with Crippen molar-refractivity contribution in [2.45, 2.75) is 44.7 Å². The summed E-state index contributed by atoms with van der Waals surface area (Å²) in [7, 11) is 1.95. The van der Waals surface area contributed by atoms with Gasteiger partial charge in [-0.2, -0.15) is 0 Å². The van der Waals surface area contributed by atoms with E-state index in [-0.39, 0.29) is 17.4 Å². The van der Waals surface area contributed by atoms with Gasteiger partial charge in [0.25, 0.3) is 0 Å². The van der Waals surface area contributed by atoms with E-state index >= 15 is 0 Å². The Hall–Kier alpha value is -0.640.